The summed E-state index contributed by atoms with van der Waals surface area (Å²) in [6, 6.07) is 1.75. The van der Waals surface area contributed by atoms with Gasteiger partial charge in [-0.15, -0.1) is 0 Å². The summed E-state index contributed by atoms with van der Waals surface area (Å²) in [5, 5.41) is 18.0. The molecule has 18 heavy (non-hydrogen) atoms. The molecule has 0 fully saturated rings. The fraction of sp³-hybridized carbons (Fsp3) is 0.300. The van der Waals surface area contributed by atoms with Crippen LogP contribution in [0.1, 0.15) is 11.4 Å². The number of hydrogen-bond donors (Lipinski definition) is 1. The van der Waals surface area contributed by atoms with E-state index in [2.05, 4.69) is 20.4 Å². The lowest BCUT2D eigenvalue weighted by atomic mass is 10.3. The quantitative estimate of drug-likeness (QED) is 0.647. The molecule has 0 aliphatic rings. The molecule has 2 aromatic heterocycles. The molecular formula is C10H12N6O2. The highest BCUT2D eigenvalue weighted by molar-refractivity contribution is 5.53. The highest BCUT2D eigenvalue weighted by Crippen LogP contribution is 2.24. The van der Waals surface area contributed by atoms with Gasteiger partial charge in [-0.2, -0.15) is 10.1 Å². The Bertz CT molecular complexity index is 606. The van der Waals surface area contributed by atoms with E-state index in [-0.39, 0.29) is 11.5 Å². The molecule has 0 unspecified atom stereocenters. The summed E-state index contributed by atoms with van der Waals surface area (Å²) >= 11 is 0. The maximum atomic E-state index is 11.1. The molecule has 8 heteroatoms. The predicted octanol–water partition coefficient (Wildman–Crippen LogP) is 1.23. The van der Waals surface area contributed by atoms with E-state index in [1.54, 1.807) is 33.2 Å². The Labute approximate surface area is 103 Å². The third-order valence-electron chi connectivity index (χ3n) is 2.39. The van der Waals surface area contributed by atoms with E-state index in [9.17, 15) is 10.1 Å². The number of aromatic nitrogens is 4. The number of nitro groups is 1. The number of anilines is 1. The fourth-order valence-corrected chi connectivity index (χ4v) is 1.57. The van der Waals surface area contributed by atoms with Gasteiger partial charge in [0.25, 0.3) is 0 Å². The van der Waals surface area contributed by atoms with Crippen molar-refractivity contribution in [2.75, 3.05) is 12.4 Å². The molecule has 0 aromatic carbocycles. The molecule has 0 atom stereocenters. The second-order valence-electron chi connectivity index (χ2n) is 3.71. The lowest BCUT2D eigenvalue weighted by Crippen LogP contribution is -2.10. The maximum absolute atomic E-state index is 11.1. The van der Waals surface area contributed by atoms with Crippen LogP contribution >= 0.6 is 0 Å². The molecule has 0 bridgehead atoms. The Hall–Kier alpha value is -2.51. The van der Waals surface area contributed by atoms with Crippen LogP contribution in [0.5, 0.6) is 0 Å². The Morgan fingerprint density at radius 3 is 2.61 bits per heavy atom. The first kappa shape index (κ1) is 12.0. The molecule has 2 aromatic rings. The van der Waals surface area contributed by atoms with Crippen LogP contribution in [0.3, 0.4) is 0 Å². The molecule has 8 nitrogen and oxygen atoms in total. The molecule has 0 amide bonds. The van der Waals surface area contributed by atoms with E-state index in [1.807, 2.05) is 0 Å². The molecule has 0 saturated carbocycles. The average Bonchev–Trinajstić information content (AvgIpc) is 2.74. The minimum absolute atomic E-state index is 0.142. The van der Waals surface area contributed by atoms with Gasteiger partial charge in [-0.3, -0.25) is 10.1 Å². The molecule has 0 saturated heterocycles. The van der Waals surface area contributed by atoms with Crippen molar-refractivity contribution in [2.45, 2.75) is 13.8 Å². The van der Waals surface area contributed by atoms with E-state index >= 15 is 0 Å². The van der Waals surface area contributed by atoms with Crippen molar-refractivity contribution in [1.29, 1.82) is 0 Å². The van der Waals surface area contributed by atoms with Gasteiger partial charge in [-0.05, 0) is 19.9 Å². The first-order chi connectivity index (χ1) is 8.52. The summed E-state index contributed by atoms with van der Waals surface area (Å²) in [6.07, 6.45) is 1.63. The van der Waals surface area contributed by atoms with Gasteiger partial charge >= 0.3 is 5.69 Å². The first-order valence-corrected chi connectivity index (χ1v) is 5.26. The van der Waals surface area contributed by atoms with Crippen molar-refractivity contribution in [1.82, 2.24) is 19.7 Å². The van der Waals surface area contributed by atoms with Gasteiger partial charge in [0.2, 0.25) is 11.8 Å². The Balaban J connectivity index is 2.70. The normalized spacial score (nSPS) is 10.4. The second-order valence-corrected chi connectivity index (χ2v) is 3.71. The molecule has 0 aliphatic heterocycles. The predicted molar refractivity (Wildman–Crippen MR) is 64.8 cm³/mol. The summed E-state index contributed by atoms with van der Waals surface area (Å²) in [6.45, 7) is 3.37. The molecular weight excluding hydrogens is 236 g/mol. The summed E-state index contributed by atoms with van der Waals surface area (Å²) in [4.78, 5) is 18.7. The summed E-state index contributed by atoms with van der Waals surface area (Å²) in [5.41, 5.74) is 0.908. The van der Waals surface area contributed by atoms with Crippen LogP contribution < -0.4 is 5.32 Å². The first-order valence-electron chi connectivity index (χ1n) is 5.26. The Kier molecular flexibility index (Phi) is 2.92. The summed E-state index contributed by atoms with van der Waals surface area (Å²) in [7, 11) is 1.65. The van der Waals surface area contributed by atoms with E-state index in [0.29, 0.717) is 11.6 Å². The van der Waals surface area contributed by atoms with Crippen LogP contribution in [-0.2, 0) is 0 Å². The largest absolute Gasteiger partial charge is 0.357 e. The van der Waals surface area contributed by atoms with E-state index < -0.39 is 4.92 Å². The summed E-state index contributed by atoms with van der Waals surface area (Å²) < 4.78 is 1.38. The van der Waals surface area contributed by atoms with Gasteiger partial charge in [-0.1, -0.05) is 0 Å². The standard InChI is InChI=1S/C10H12N6O2/c1-6-4-5-15(14-6)9-8(16(17)18)7(2)12-10(11-3)13-9/h4-5H,1-3H3,(H,11,12,13). The monoisotopic (exact) mass is 248 g/mol. The SMILES string of the molecule is CNc1nc(C)c([N+](=O)[O-])c(-n2ccc(C)n2)n1. The number of hydrogen-bond acceptors (Lipinski definition) is 6. The van der Waals surface area contributed by atoms with Crippen molar-refractivity contribution in [3.05, 3.63) is 33.8 Å². The number of aryl methyl sites for hydroxylation is 2. The van der Waals surface area contributed by atoms with Crippen LogP contribution in [0.25, 0.3) is 5.82 Å². The van der Waals surface area contributed by atoms with Gasteiger partial charge in [0.15, 0.2) is 0 Å². The molecule has 2 rings (SSSR count). The molecule has 2 heterocycles. The molecule has 0 spiro atoms. The van der Waals surface area contributed by atoms with Crippen LogP contribution in [0.15, 0.2) is 12.3 Å². The van der Waals surface area contributed by atoms with Gasteiger partial charge < -0.3 is 5.32 Å². The highest BCUT2D eigenvalue weighted by atomic mass is 16.6. The number of nitrogens with one attached hydrogen (secondary N) is 1. The zero-order valence-electron chi connectivity index (χ0n) is 10.2. The minimum atomic E-state index is -0.499. The van der Waals surface area contributed by atoms with Gasteiger partial charge in [0, 0.05) is 13.2 Å². The lowest BCUT2D eigenvalue weighted by Gasteiger charge is -2.06. The number of rotatable bonds is 3. The van der Waals surface area contributed by atoms with E-state index in [4.69, 9.17) is 0 Å². The van der Waals surface area contributed by atoms with Crippen molar-refractivity contribution < 1.29 is 4.92 Å². The maximum Gasteiger partial charge on any atom is 0.334 e. The molecule has 0 radical (unpaired) electrons. The average molecular weight is 248 g/mol. The van der Waals surface area contributed by atoms with Crippen molar-refractivity contribution in [2.24, 2.45) is 0 Å². The Morgan fingerprint density at radius 2 is 2.11 bits per heavy atom. The minimum Gasteiger partial charge on any atom is -0.357 e. The second kappa shape index (κ2) is 4.40. The third-order valence-corrected chi connectivity index (χ3v) is 2.39. The zero-order chi connectivity index (χ0) is 13.3. The number of nitrogens with zero attached hydrogens (tertiary/aromatic N) is 5. The fourth-order valence-electron chi connectivity index (χ4n) is 1.57. The molecule has 0 aliphatic carbocycles. The Morgan fingerprint density at radius 1 is 1.39 bits per heavy atom. The molecule has 1 N–H and O–H groups in total. The third kappa shape index (κ3) is 1.99. The smallest absolute Gasteiger partial charge is 0.334 e. The summed E-state index contributed by atoms with van der Waals surface area (Å²) in [5.74, 6) is 0.478. The van der Waals surface area contributed by atoms with Crippen molar-refractivity contribution in [3.8, 4) is 5.82 Å². The topological polar surface area (TPSA) is 98.8 Å². The highest BCUT2D eigenvalue weighted by Gasteiger charge is 2.23. The van der Waals surface area contributed by atoms with Gasteiger partial charge in [0.05, 0.1) is 10.6 Å². The van der Waals surface area contributed by atoms with Gasteiger partial charge in [-0.25, -0.2) is 9.67 Å². The zero-order valence-corrected chi connectivity index (χ0v) is 10.2. The van der Waals surface area contributed by atoms with Crippen LogP contribution in [0.2, 0.25) is 0 Å². The van der Waals surface area contributed by atoms with E-state index in [0.717, 1.165) is 5.69 Å². The van der Waals surface area contributed by atoms with Crippen molar-refractivity contribution >= 4 is 11.6 Å². The van der Waals surface area contributed by atoms with Crippen LogP contribution in [0.4, 0.5) is 11.6 Å². The van der Waals surface area contributed by atoms with Crippen LogP contribution in [0, 0.1) is 24.0 Å². The van der Waals surface area contributed by atoms with Crippen LogP contribution in [-0.4, -0.2) is 31.7 Å². The van der Waals surface area contributed by atoms with Gasteiger partial charge in [0.1, 0.15) is 5.69 Å². The molecule has 94 valence electrons. The lowest BCUT2D eigenvalue weighted by molar-refractivity contribution is -0.385. The van der Waals surface area contributed by atoms with Crippen molar-refractivity contribution in [3.63, 3.8) is 0 Å². The van der Waals surface area contributed by atoms with E-state index in [1.165, 1.54) is 4.68 Å².